The lowest BCUT2D eigenvalue weighted by Crippen LogP contribution is -2.70. The lowest BCUT2D eigenvalue weighted by Gasteiger charge is -2.48. The van der Waals surface area contributed by atoms with Crippen LogP contribution in [0.5, 0.6) is 0 Å². The van der Waals surface area contributed by atoms with E-state index in [1.165, 1.54) is 11.0 Å². The highest BCUT2D eigenvalue weighted by atomic mass is 16.4. The topological polar surface area (TPSA) is 86.7 Å². The zero-order valence-electron chi connectivity index (χ0n) is 7.84. The second-order valence-corrected chi connectivity index (χ2v) is 3.51. The lowest BCUT2D eigenvalue weighted by molar-refractivity contribution is -0.154. The molecule has 80 valence electrons. The van der Waals surface area contributed by atoms with Crippen LogP contribution in [0.25, 0.3) is 0 Å². The summed E-state index contributed by atoms with van der Waals surface area (Å²) in [5.74, 6) is -1.45. The fourth-order valence-corrected chi connectivity index (χ4v) is 2.07. The van der Waals surface area contributed by atoms with E-state index in [1.807, 2.05) is 0 Å². The molecule has 0 bridgehead atoms. The zero-order valence-corrected chi connectivity index (χ0v) is 7.84. The van der Waals surface area contributed by atoms with Gasteiger partial charge in [0.25, 0.3) is 5.91 Å². The van der Waals surface area contributed by atoms with Gasteiger partial charge in [0.15, 0.2) is 0 Å². The van der Waals surface area contributed by atoms with Crippen LogP contribution in [0.1, 0.15) is 12.8 Å². The number of aliphatic carboxylic acids is 1. The van der Waals surface area contributed by atoms with Crippen LogP contribution in [0.15, 0.2) is 11.8 Å². The number of hydrogen-bond donors (Lipinski definition) is 2. The highest BCUT2D eigenvalue weighted by Crippen LogP contribution is 2.32. The average Bonchev–Trinajstić information content (AvgIpc) is 2.24. The SMILES string of the molecule is O=CN[C@H]1C(=O)N2C(C(=O)O)=CCC[C@H]12. The standard InChI is InChI=1S/C9H10N2O4/c12-4-10-7-5-2-1-3-6(9(14)15)11(5)8(7)13/h3-5,7H,1-2H2,(H,10,12)(H,14,15)/t5-,7-/m1/s1. The first-order valence-corrected chi connectivity index (χ1v) is 4.63. The van der Waals surface area contributed by atoms with E-state index < -0.39 is 12.0 Å². The number of nitrogens with zero attached hydrogens (tertiary/aromatic N) is 1. The molecule has 0 aromatic rings. The molecule has 6 nitrogen and oxygen atoms in total. The Balaban J connectivity index is 2.19. The van der Waals surface area contributed by atoms with E-state index in [4.69, 9.17) is 5.11 Å². The molecule has 2 atom stereocenters. The van der Waals surface area contributed by atoms with E-state index in [0.717, 1.165) is 0 Å². The third kappa shape index (κ3) is 1.29. The van der Waals surface area contributed by atoms with Crippen molar-refractivity contribution in [3.8, 4) is 0 Å². The summed E-state index contributed by atoms with van der Waals surface area (Å²) in [5, 5.41) is 11.2. The van der Waals surface area contributed by atoms with Gasteiger partial charge in [0.05, 0.1) is 6.04 Å². The van der Waals surface area contributed by atoms with Gasteiger partial charge in [-0.05, 0) is 12.8 Å². The number of allylic oxidation sites excluding steroid dienone is 1. The van der Waals surface area contributed by atoms with E-state index in [2.05, 4.69) is 5.32 Å². The second-order valence-electron chi connectivity index (χ2n) is 3.51. The number of carbonyl (C=O) groups excluding carboxylic acids is 2. The molecule has 2 amide bonds. The van der Waals surface area contributed by atoms with Crippen molar-refractivity contribution in [3.63, 3.8) is 0 Å². The molecule has 0 saturated carbocycles. The number of carboxylic acids is 1. The molecular formula is C9H10N2O4. The number of nitrogens with one attached hydrogen (secondary N) is 1. The van der Waals surface area contributed by atoms with Gasteiger partial charge in [-0.25, -0.2) is 4.79 Å². The molecule has 0 radical (unpaired) electrons. The van der Waals surface area contributed by atoms with E-state index in [-0.39, 0.29) is 17.6 Å². The van der Waals surface area contributed by atoms with Crippen molar-refractivity contribution in [3.05, 3.63) is 11.8 Å². The van der Waals surface area contributed by atoms with Crippen LogP contribution >= 0.6 is 0 Å². The molecule has 2 N–H and O–H groups in total. The summed E-state index contributed by atoms with van der Waals surface area (Å²) in [6.45, 7) is 0. The van der Waals surface area contributed by atoms with E-state index in [1.54, 1.807) is 0 Å². The first kappa shape index (κ1) is 9.70. The normalized spacial score (nSPS) is 28.7. The Labute approximate surface area is 85.5 Å². The van der Waals surface area contributed by atoms with Crippen LogP contribution in [0.4, 0.5) is 0 Å². The summed E-state index contributed by atoms with van der Waals surface area (Å²) in [6, 6.07) is -0.746. The Morgan fingerprint density at radius 2 is 2.40 bits per heavy atom. The van der Waals surface area contributed by atoms with E-state index in [9.17, 15) is 14.4 Å². The number of carbonyl (C=O) groups is 3. The molecule has 0 aliphatic carbocycles. The van der Waals surface area contributed by atoms with Gasteiger partial charge < -0.3 is 10.4 Å². The van der Waals surface area contributed by atoms with Gasteiger partial charge in [-0.1, -0.05) is 6.08 Å². The number of β-lactam (4-membered cyclic amide) rings is 1. The highest BCUT2D eigenvalue weighted by Gasteiger charge is 2.51. The number of rotatable bonds is 3. The Morgan fingerprint density at radius 1 is 1.67 bits per heavy atom. The summed E-state index contributed by atoms with van der Waals surface area (Å²) in [5.41, 5.74) is 0.0280. The van der Waals surface area contributed by atoms with Crippen LogP contribution in [0.3, 0.4) is 0 Å². The van der Waals surface area contributed by atoms with Crippen LogP contribution in [-0.4, -0.2) is 40.4 Å². The van der Waals surface area contributed by atoms with E-state index in [0.29, 0.717) is 19.3 Å². The Kier molecular flexibility index (Phi) is 2.18. The second kappa shape index (κ2) is 3.38. The molecule has 0 aromatic carbocycles. The molecule has 15 heavy (non-hydrogen) atoms. The molecule has 0 unspecified atom stereocenters. The molecule has 2 aliphatic rings. The number of fused-ring (bicyclic) bond motifs is 1. The van der Waals surface area contributed by atoms with Gasteiger partial charge in [0, 0.05) is 0 Å². The number of amides is 2. The minimum atomic E-state index is -1.10. The smallest absolute Gasteiger partial charge is 0.352 e. The summed E-state index contributed by atoms with van der Waals surface area (Å²) >= 11 is 0. The summed E-state index contributed by atoms with van der Waals surface area (Å²) in [4.78, 5) is 33.8. The van der Waals surface area contributed by atoms with E-state index >= 15 is 0 Å². The molecule has 2 aliphatic heterocycles. The van der Waals surface area contributed by atoms with Crippen molar-refractivity contribution in [1.29, 1.82) is 0 Å². The monoisotopic (exact) mass is 210 g/mol. The zero-order chi connectivity index (χ0) is 11.0. The van der Waals surface area contributed by atoms with Gasteiger partial charge in [0.2, 0.25) is 6.41 Å². The Bertz CT molecular complexity index is 363. The molecule has 1 saturated heterocycles. The highest BCUT2D eigenvalue weighted by molar-refractivity contribution is 6.00. The van der Waals surface area contributed by atoms with Crippen LogP contribution in [-0.2, 0) is 14.4 Å². The summed E-state index contributed by atoms with van der Waals surface area (Å²) < 4.78 is 0. The molecule has 0 spiro atoms. The van der Waals surface area contributed by atoms with Crippen LogP contribution in [0, 0.1) is 0 Å². The largest absolute Gasteiger partial charge is 0.477 e. The minimum Gasteiger partial charge on any atom is -0.477 e. The van der Waals surface area contributed by atoms with Crippen molar-refractivity contribution in [2.75, 3.05) is 0 Å². The maximum absolute atomic E-state index is 11.5. The van der Waals surface area contributed by atoms with Gasteiger partial charge in [-0.3, -0.25) is 14.5 Å². The quantitative estimate of drug-likeness (QED) is 0.465. The van der Waals surface area contributed by atoms with Gasteiger partial charge in [-0.15, -0.1) is 0 Å². The predicted molar refractivity (Wildman–Crippen MR) is 48.6 cm³/mol. The fourth-order valence-electron chi connectivity index (χ4n) is 2.07. The molecule has 0 aromatic heterocycles. The summed E-state index contributed by atoms with van der Waals surface area (Å²) in [7, 11) is 0. The number of hydrogen-bond acceptors (Lipinski definition) is 3. The molecule has 6 heteroatoms. The third-order valence-corrected chi connectivity index (χ3v) is 2.75. The van der Waals surface area contributed by atoms with Crippen molar-refractivity contribution < 1.29 is 19.5 Å². The predicted octanol–water partition coefficient (Wildman–Crippen LogP) is -0.926. The first-order valence-electron chi connectivity index (χ1n) is 4.63. The van der Waals surface area contributed by atoms with Crippen LogP contribution in [0.2, 0.25) is 0 Å². The minimum absolute atomic E-state index is 0.0280. The number of carboxylic acid groups (broad SMARTS) is 1. The third-order valence-electron chi connectivity index (χ3n) is 2.75. The molecule has 1 fully saturated rings. The molecular weight excluding hydrogens is 200 g/mol. The van der Waals surface area contributed by atoms with Crippen molar-refractivity contribution in [2.45, 2.75) is 24.9 Å². The summed E-state index contributed by atoms with van der Waals surface area (Å²) in [6.07, 6.45) is 3.31. The maximum Gasteiger partial charge on any atom is 0.352 e. The van der Waals surface area contributed by atoms with Gasteiger partial charge in [0.1, 0.15) is 11.7 Å². The lowest BCUT2D eigenvalue weighted by atomic mass is 9.87. The maximum atomic E-state index is 11.5. The Hall–Kier alpha value is -1.85. The molecule has 2 rings (SSSR count). The van der Waals surface area contributed by atoms with Gasteiger partial charge in [-0.2, -0.15) is 0 Å². The average molecular weight is 210 g/mol. The van der Waals surface area contributed by atoms with Crippen LogP contribution < -0.4 is 5.32 Å². The first-order chi connectivity index (χ1) is 7.16. The van der Waals surface area contributed by atoms with Crippen molar-refractivity contribution in [1.82, 2.24) is 10.2 Å². The van der Waals surface area contributed by atoms with Gasteiger partial charge >= 0.3 is 5.97 Å². The Morgan fingerprint density at radius 3 is 3.00 bits per heavy atom. The van der Waals surface area contributed by atoms with Crippen molar-refractivity contribution in [2.24, 2.45) is 0 Å². The van der Waals surface area contributed by atoms with Crippen molar-refractivity contribution >= 4 is 18.3 Å². The fraction of sp³-hybridized carbons (Fsp3) is 0.444. The molecule has 2 heterocycles.